The van der Waals surface area contributed by atoms with Crippen LogP contribution in [-0.2, 0) is 10.0 Å². The van der Waals surface area contributed by atoms with Gasteiger partial charge in [0, 0.05) is 17.8 Å². The van der Waals surface area contributed by atoms with E-state index in [0.717, 1.165) is 10.2 Å². The first-order valence-corrected chi connectivity index (χ1v) is 11.8. The van der Waals surface area contributed by atoms with Crippen LogP contribution in [0.5, 0.6) is 0 Å². The van der Waals surface area contributed by atoms with Crippen molar-refractivity contribution < 1.29 is 23.2 Å². The van der Waals surface area contributed by atoms with E-state index in [1.807, 2.05) is 6.92 Å². The van der Waals surface area contributed by atoms with Gasteiger partial charge in [0.25, 0.3) is 10.0 Å². The monoisotopic (exact) mass is 473 g/mol. The minimum atomic E-state index is -3.94. The zero-order chi connectivity index (χ0) is 23.8. The van der Waals surface area contributed by atoms with Gasteiger partial charge in [-0.25, -0.2) is 22.2 Å². The number of nitrogens with zero attached hydrogens (tertiary/aromatic N) is 3. The van der Waals surface area contributed by atoms with Crippen molar-refractivity contribution in [1.29, 1.82) is 0 Å². The van der Waals surface area contributed by atoms with E-state index in [-0.39, 0.29) is 28.0 Å². The van der Waals surface area contributed by atoms with E-state index in [4.69, 9.17) is 5.11 Å². The Bertz CT molecular complexity index is 1310. The molecule has 4 rings (SSSR count). The average molecular weight is 474 g/mol. The summed E-state index contributed by atoms with van der Waals surface area (Å²) in [5.41, 5.74) is -0.530. The van der Waals surface area contributed by atoms with Crippen molar-refractivity contribution in [2.75, 3.05) is 5.32 Å². The Labute approximate surface area is 189 Å². The third kappa shape index (κ3) is 4.33. The highest BCUT2D eigenvalue weighted by atomic mass is 32.2. The summed E-state index contributed by atoms with van der Waals surface area (Å²) < 4.78 is 27.2. The van der Waals surface area contributed by atoms with Gasteiger partial charge in [0.05, 0.1) is 15.2 Å². The Morgan fingerprint density at radius 3 is 2.52 bits per heavy atom. The fraction of sp³-hybridized carbons (Fsp3) is 0.333. The number of hydrogen-bond acceptors (Lipinski definition) is 7. The summed E-state index contributed by atoms with van der Waals surface area (Å²) in [5, 5.41) is 26.8. The molecular weight excluding hydrogens is 450 g/mol. The summed E-state index contributed by atoms with van der Waals surface area (Å²) >= 11 is 0. The Morgan fingerprint density at radius 1 is 1.24 bits per heavy atom. The Kier molecular flexibility index (Phi) is 5.70. The zero-order valence-electron chi connectivity index (χ0n) is 17.8. The highest BCUT2D eigenvalue weighted by Crippen LogP contribution is 2.37. The van der Waals surface area contributed by atoms with Gasteiger partial charge in [0.2, 0.25) is 0 Å². The highest BCUT2D eigenvalue weighted by Gasteiger charge is 2.34. The van der Waals surface area contributed by atoms with Gasteiger partial charge >= 0.3 is 11.8 Å². The first kappa shape index (κ1) is 22.5. The first-order valence-electron chi connectivity index (χ1n) is 10.3. The van der Waals surface area contributed by atoms with Gasteiger partial charge in [0.1, 0.15) is 11.9 Å². The summed E-state index contributed by atoms with van der Waals surface area (Å²) in [6, 6.07) is 9.22. The number of nitrogens with one attached hydrogen (secondary N) is 2. The predicted octanol–water partition coefficient (Wildman–Crippen LogP) is 3.56. The van der Waals surface area contributed by atoms with Gasteiger partial charge in [-0.05, 0) is 50.8 Å². The van der Waals surface area contributed by atoms with Gasteiger partial charge in [-0.1, -0.05) is 18.2 Å². The SMILES string of the molecule is C[C@]1(NC(=O)O)CC[C@@H](Nc2c([N+](=O)[O-])cnc3c2ccn3S(=O)(=O)c2ccccc2)CC1. The van der Waals surface area contributed by atoms with E-state index in [1.165, 1.54) is 24.4 Å². The van der Waals surface area contributed by atoms with E-state index in [1.54, 1.807) is 18.2 Å². The predicted molar refractivity (Wildman–Crippen MR) is 121 cm³/mol. The molecule has 0 spiro atoms. The molecule has 12 heteroatoms. The molecule has 0 bridgehead atoms. The second-order valence-electron chi connectivity index (χ2n) is 8.35. The minimum Gasteiger partial charge on any atom is -0.465 e. The van der Waals surface area contributed by atoms with Crippen LogP contribution < -0.4 is 10.6 Å². The number of fused-ring (bicyclic) bond motifs is 1. The molecule has 0 saturated heterocycles. The van der Waals surface area contributed by atoms with Gasteiger partial charge in [-0.3, -0.25) is 10.1 Å². The lowest BCUT2D eigenvalue weighted by Gasteiger charge is -2.37. The van der Waals surface area contributed by atoms with Crippen LogP contribution in [0.25, 0.3) is 11.0 Å². The fourth-order valence-electron chi connectivity index (χ4n) is 4.23. The molecule has 33 heavy (non-hydrogen) atoms. The number of carboxylic acid groups (broad SMARTS) is 1. The summed E-state index contributed by atoms with van der Waals surface area (Å²) in [6.45, 7) is 1.83. The van der Waals surface area contributed by atoms with Crippen LogP contribution >= 0.6 is 0 Å². The molecule has 0 unspecified atom stereocenters. The molecule has 2 heterocycles. The molecule has 0 aliphatic heterocycles. The number of pyridine rings is 1. The van der Waals surface area contributed by atoms with Crippen LogP contribution in [-0.4, -0.2) is 45.1 Å². The molecule has 3 N–H and O–H groups in total. The number of amides is 1. The van der Waals surface area contributed by atoms with Crippen molar-refractivity contribution >= 4 is 38.5 Å². The Hall–Kier alpha value is -3.67. The second kappa shape index (κ2) is 8.35. The van der Waals surface area contributed by atoms with Crippen LogP contribution in [0.3, 0.4) is 0 Å². The lowest BCUT2D eigenvalue weighted by molar-refractivity contribution is -0.384. The highest BCUT2D eigenvalue weighted by molar-refractivity contribution is 7.90. The van der Waals surface area contributed by atoms with Crippen molar-refractivity contribution in [3.63, 3.8) is 0 Å². The molecule has 3 aromatic rings. The third-order valence-electron chi connectivity index (χ3n) is 6.00. The van der Waals surface area contributed by atoms with E-state index < -0.39 is 26.6 Å². The van der Waals surface area contributed by atoms with Crippen molar-refractivity contribution in [2.24, 2.45) is 0 Å². The molecule has 1 amide bonds. The van der Waals surface area contributed by atoms with E-state index in [9.17, 15) is 23.3 Å². The molecule has 2 aromatic heterocycles. The molecule has 11 nitrogen and oxygen atoms in total. The molecule has 0 atom stereocenters. The number of hydrogen-bond donors (Lipinski definition) is 3. The van der Waals surface area contributed by atoms with Gasteiger partial charge in [-0.15, -0.1) is 0 Å². The van der Waals surface area contributed by atoms with Crippen molar-refractivity contribution in [2.45, 2.75) is 49.1 Å². The number of benzene rings is 1. The van der Waals surface area contributed by atoms with Gasteiger partial charge in [-0.2, -0.15) is 0 Å². The Morgan fingerprint density at radius 2 is 1.91 bits per heavy atom. The molecule has 1 aliphatic rings. The van der Waals surface area contributed by atoms with Crippen LogP contribution in [0.1, 0.15) is 32.6 Å². The topological polar surface area (TPSA) is 156 Å². The van der Waals surface area contributed by atoms with Gasteiger partial charge < -0.3 is 15.7 Å². The summed E-state index contributed by atoms with van der Waals surface area (Å²) in [6.07, 6.45) is 3.59. The number of anilines is 1. The second-order valence-corrected chi connectivity index (χ2v) is 10.2. The number of aromatic nitrogens is 2. The minimum absolute atomic E-state index is 0.0784. The van der Waals surface area contributed by atoms with Crippen molar-refractivity contribution in [1.82, 2.24) is 14.3 Å². The van der Waals surface area contributed by atoms with Crippen LogP contribution in [0.2, 0.25) is 0 Å². The fourth-order valence-corrected chi connectivity index (χ4v) is 5.55. The zero-order valence-corrected chi connectivity index (χ0v) is 18.6. The van der Waals surface area contributed by atoms with E-state index in [2.05, 4.69) is 15.6 Å². The quantitative estimate of drug-likeness (QED) is 0.362. The molecule has 1 aliphatic carbocycles. The standard InChI is InChI=1S/C21H23N5O6S/c1-21(24-20(27)28)10-7-14(8-11-21)23-18-16-9-12-25(19(16)22-13-17(18)26(29)30)33(31,32)15-5-3-2-4-6-15/h2-6,9,12-14,24H,7-8,10-11H2,1H3,(H,22,23)(H,27,28)/t14-,21+. The van der Waals surface area contributed by atoms with Gasteiger partial charge in [0.15, 0.2) is 5.65 Å². The molecule has 0 radical (unpaired) electrons. The average Bonchev–Trinajstić information content (AvgIpc) is 3.21. The lowest BCUT2D eigenvalue weighted by atomic mass is 9.81. The largest absolute Gasteiger partial charge is 0.465 e. The maximum Gasteiger partial charge on any atom is 0.405 e. The molecule has 1 fully saturated rings. The summed E-state index contributed by atoms with van der Waals surface area (Å²) in [7, 11) is -3.94. The maximum absolute atomic E-state index is 13.1. The molecular formula is C21H23N5O6S. The van der Waals surface area contributed by atoms with Crippen molar-refractivity contribution in [3.05, 3.63) is 58.9 Å². The normalized spacial score (nSPS) is 20.9. The molecule has 174 valence electrons. The number of nitro groups is 1. The van der Waals surface area contributed by atoms with E-state index >= 15 is 0 Å². The smallest absolute Gasteiger partial charge is 0.405 e. The van der Waals surface area contributed by atoms with Crippen molar-refractivity contribution in [3.8, 4) is 0 Å². The summed E-state index contributed by atoms with van der Waals surface area (Å²) in [4.78, 5) is 26.3. The molecule has 1 saturated carbocycles. The van der Waals surface area contributed by atoms with Crippen LogP contribution in [0.4, 0.5) is 16.2 Å². The first-order chi connectivity index (χ1) is 15.6. The van der Waals surface area contributed by atoms with Crippen LogP contribution in [0.15, 0.2) is 53.7 Å². The van der Waals surface area contributed by atoms with Crippen LogP contribution in [0, 0.1) is 10.1 Å². The number of rotatable bonds is 6. The van der Waals surface area contributed by atoms with E-state index in [0.29, 0.717) is 31.1 Å². The summed E-state index contributed by atoms with van der Waals surface area (Å²) in [5.74, 6) is 0. The Balaban J connectivity index is 1.69. The third-order valence-corrected chi connectivity index (χ3v) is 7.68. The lowest BCUT2D eigenvalue weighted by Crippen LogP contribution is -2.49. The molecule has 1 aromatic carbocycles. The number of carbonyl (C=O) groups is 1. The maximum atomic E-state index is 13.1.